The summed E-state index contributed by atoms with van der Waals surface area (Å²) in [5, 5.41) is 0. The lowest BCUT2D eigenvalue weighted by atomic mass is 10.3. The molecule has 0 unspecified atom stereocenters. The van der Waals surface area contributed by atoms with Gasteiger partial charge in [-0.05, 0) is 36.4 Å². The van der Waals surface area contributed by atoms with Gasteiger partial charge >= 0.3 is 0 Å². The molecule has 0 aliphatic rings. The van der Waals surface area contributed by atoms with Crippen molar-refractivity contribution >= 4 is 12.6 Å². The maximum absolute atomic E-state index is 12.4. The Kier molecular flexibility index (Phi) is 3.94. The molecule has 1 aromatic rings. The number of thiol groups is 1. The zero-order chi connectivity index (χ0) is 8.81. The van der Waals surface area contributed by atoms with Gasteiger partial charge in [-0.25, -0.2) is 4.39 Å². The molecule has 1 rings (SSSR count). The first-order chi connectivity index (χ1) is 5.83. The van der Waals surface area contributed by atoms with Gasteiger partial charge in [-0.2, -0.15) is 12.6 Å². The van der Waals surface area contributed by atoms with Gasteiger partial charge in [-0.1, -0.05) is 0 Å². The van der Waals surface area contributed by atoms with Gasteiger partial charge in [0, 0.05) is 0 Å². The third kappa shape index (κ3) is 3.13. The highest BCUT2D eigenvalue weighted by atomic mass is 32.1. The lowest BCUT2D eigenvalue weighted by Crippen LogP contribution is -1.97. The molecule has 0 amide bonds. The van der Waals surface area contributed by atoms with Gasteiger partial charge in [-0.3, -0.25) is 0 Å². The minimum absolute atomic E-state index is 0.239. The van der Waals surface area contributed by atoms with Crippen LogP contribution in [0.1, 0.15) is 6.42 Å². The minimum Gasteiger partial charge on any atom is -0.494 e. The molecule has 1 nitrogen and oxygen atoms in total. The van der Waals surface area contributed by atoms with Gasteiger partial charge in [-0.15, -0.1) is 0 Å². The van der Waals surface area contributed by atoms with Crippen molar-refractivity contribution in [1.82, 2.24) is 0 Å². The summed E-state index contributed by atoms with van der Waals surface area (Å²) in [5.74, 6) is 1.27. The van der Waals surface area contributed by atoms with Crippen molar-refractivity contribution in [2.24, 2.45) is 0 Å². The van der Waals surface area contributed by atoms with Gasteiger partial charge in [0.25, 0.3) is 0 Å². The second-order valence-corrected chi connectivity index (χ2v) is 2.83. The molecule has 3 heteroatoms. The number of halogens is 1. The third-order valence-electron chi connectivity index (χ3n) is 1.38. The summed E-state index contributed by atoms with van der Waals surface area (Å²) in [6.45, 7) is 0.634. The number of rotatable bonds is 4. The van der Waals surface area contributed by atoms with E-state index in [4.69, 9.17) is 4.74 Å². The summed E-state index contributed by atoms with van der Waals surface area (Å²) in [6.07, 6.45) is 0.903. The van der Waals surface area contributed by atoms with Gasteiger partial charge in [0.2, 0.25) is 0 Å². The Morgan fingerprint density at radius 2 is 1.92 bits per heavy atom. The molecule has 12 heavy (non-hydrogen) atoms. The molecule has 0 aliphatic carbocycles. The molecule has 0 aromatic heterocycles. The molecule has 0 bridgehead atoms. The first-order valence-electron chi connectivity index (χ1n) is 3.82. The molecule has 0 heterocycles. The highest BCUT2D eigenvalue weighted by molar-refractivity contribution is 7.80. The minimum atomic E-state index is -0.239. The number of hydrogen-bond acceptors (Lipinski definition) is 2. The van der Waals surface area contributed by atoms with Crippen molar-refractivity contribution in [1.29, 1.82) is 0 Å². The first-order valence-corrected chi connectivity index (χ1v) is 4.45. The van der Waals surface area contributed by atoms with Gasteiger partial charge in [0.1, 0.15) is 11.6 Å². The van der Waals surface area contributed by atoms with Crippen molar-refractivity contribution in [3.8, 4) is 5.75 Å². The predicted octanol–water partition coefficient (Wildman–Crippen LogP) is 2.52. The van der Waals surface area contributed by atoms with Crippen molar-refractivity contribution in [3.05, 3.63) is 30.1 Å². The van der Waals surface area contributed by atoms with Crippen LogP contribution in [0, 0.1) is 5.82 Å². The van der Waals surface area contributed by atoms with Gasteiger partial charge in [0.05, 0.1) is 6.61 Å². The maximum atomic E-state index is 12.4. The molecule has 0 saturated carbocycles. The standard InChI is InChI=1S/C9H11FOS/c10-8-2-4-9(5-3-8)11-6-1-7-12/h2-5,12H,1,6-7H2. The average molecular weight is 186 g/mol. The van der Waals surface area contributed by atoms with Crippen molar-refractivity contribution in [3.63, 3.8) is 0 Å². The Bertz CT molecular complexity index is 222. The van der Waals surface area contributed by atoms with E-state index in [1.165, 1.54) is 12.1 Å². The Morgan fingerprint density at radius 3 is 2.50 bits per heavy atom. The van der Waals surface area contributed by atoms with Crippen LogP contribution in [0.3, 0.4) is 0 Å². The summed E-state index contributed by atoms with van der Waals surface area (Å²) in [5.41, 5.74) is 0. The zero-order valence-corrected chi connectivity index (χ0v) is 7.56. The molecule has 0 N–H and O–H groups in total. The predicted molar refractivity (Wildman–Crippen MR) is 50.4 cm³/mol. The van der Waals surface area contributed by atoms with Crippen LogP contribution in [0.25, 0.3) is 0 Å². The monoisotopic (exact) mass is 186 g/mol. The molecule has 1 aromatic carbocycles. The highest BCUT2D eigenvalue weighted by Gasteiger charge is 1.92. The van der Waals surface area contributed by atoms with Gasteiger partial charge < -0.3 is 4.74 Å². The van der Waals surface area contributed by atoms with E-state index in [0.717, 1.165) is 12.2 Å². The average Bonchev–Trinajstić information content (AvgIpc) is 2.09. The van der Waals surface area contributed by atoms with E-state index >= 15 is 0 Å². The summed E-state index contributed by atoms with van der Waals surface area (Å²) in [6, 6.07) is 6.01. The lowest BCUT2D eigenvalue weighted by molar-refractivity contribution is 0.318. The normalized spacial score (nSPS) is 9.83. The second-order valence-electron chi connectivity index (χ2n) is 2.38. The number of benzene rings is 1. The van der Waals surface area contributed by atoms with E-state index in [9.17, 15) is 4.39 Å². The summed E-state index contributed by atoms with van der Waals surface area (Å²) >= 11 is 4.04. The van der Waals surface area contributed by atoms with Crippen LogP contribution in [0.2, 0.25) is 0 Å². The molecule has 0 saturated heterocycles. The van der Waals surface area contributed by atoms with Crippen LogP contribution < -0.4 is 4.74 Å². The molecule has 0 aliphatic heterocycles. The van der Waals surface area contributed by atoms with Crippen LogP contribution in [0.4, 0.5) is 4.39 Å². The largest absolute Gasteiger partial charge is 0.494 e. The fraction of sp³-hybridized carbons (Fsp3) is 0.333. The molecule has 0 fully saturated rings. The molecule has 0 atom stereocenters. The first kappa shape index (κ1) is 9.39. The lowest BCUT2D eigenvalue weighted by Gasteiger charge is -2.03. The van der Waals surface area contributed by atoms with Gasteiger partial charge in [0.15, 0.2) is 0 Å². The molecule has 0 radical (unpaired) electrons. The van der Waals surface area contributed by atoms with Crippen LogP contribution >= 0.6 is 12.6 Å². The van der Waals surface area contributed by atoms with E-state index in [1.54, 1.807) is 12.1 Å². The zero-order valence-electron chi connectivity index (χ0n) is 6.66. The Labute approximate surface area is 77.0 Å². The number of ether oxygens (including phenoxy) is 1. The van der Waals surface area contributed by atoms with Crippen LogP contribution in [-0.4, -0.2) is 12.4 Å². The van der Waals surface area contributed by atoms with E-state index in [0.29, 0.717) is 12.4 Å². The third-order valence-corrected chi connectivity index (χ3v) is 1.70. The van der Waals surface area contributed by atoms with Crippen LogP contribution in [0.5, 0.6) is 5.75 Å². The summed E-state index contributed by atoms with van der Waals surface area (Å²) in [4.78, 5) is 0. The topological polar surface area (TPSA) is 9.23 Å². The van der Waals surface area contributed by atoms with E-state index in [-0.39, 0.29) is 5.82 Å². The smallest absolute Gasteiger partial charge is 0.123 e. The highest BCUT2D eigenvalue weighted by Crippen LogP contribution is 2.10. The Morgan fingerprint density at radius 1 is 1.25 bits per heavy atom. The maximum Gasteiger partial charge on any atom is 0.123 e. The fourth-order valence-electron chi connectivity index (χ4n) is 0.785. The number of hydrogen-bond donors (Lipinski definition) is 1. The quantitative estimate of drug-likeness (QED) is 0.561. The summed E-state index contributed by atoms with van der Waals surface area (Å²) in [7, 11) is 0. The molecular formula is C9H11FOS. The van der Waals surface area contributed by atoms with Crippen LogP contribution in [-0.2, 0) is 0 Å². The van der Waals surface area contributed by atoms with Crippen molar-refractivity contribution in [2.75, 3.05) is 12.4 Å². The van der Waals surface area contributed by atoms with Crippen molar-refractivity contribution in [2.45, 2.75) is 6.42 Å². The van der Waals surface area contributed by atoms with E-state index < -0.39 is 0 Å². The molecule has 66 valence electrons. The Balaban J connectivity index is 2.37. The van der Waals surface area contributed by atoms with E-state index in [1.807, 2.05) is 0 Å². The SMILES string of the molecule is Fc1ccc(OCCCS)cc1. The second kappa shape index (κ2) is 5.04. The molecular weight excluding hydrogens is 175 g/mol. The van der Waals surface area contributed by atoms with Crippen LogP contribution in [0.15, 0.2) is 24.3 Å². The summed E-state index contributed by atoms with van der Waals surface area (Å²) < 4.78 is 17.7. The Hall–Kier alpha value is -0.700. The molecule has 0 spiro atoms. The fourth-order valence-corrected chi connectivity index (χ4v) is 0.914. The van der Waals surface area contributed by atoms with Crippen molar-refractivity contribution < 1.29 is 9.13 Å². The van der Waals surface area contributed by atoms with E-state index in [2.05, 4.69) is 12.6 Å².